The summed E-state index contributed by atoms with van der Waals surface area (Å²) in [4.78, 5) is 12.9. The number of benzene rings is 1. The number of anilines is 1. The molecule has 0 fully saturated rings. The van der Waals surface area contributed by atoms with E-state index < -0.39 is 0 Å². The molecule has 0 aromatic heterocycles. The van der Waals surface area contributed by atoms with Crippen LogP contribution in [0.15, 0.2) is 24.3 Å². The average molecular weight is 236 g/mol. The largest absolute Gasteiger partial charge is 0.488 e. The van der Waals surface area contributed by atoms with Gasteiger partial charge in [0.25, 0.3) is 0 Å². The Morgan fingerprint density at radius 3 is 2.12 bits per heavy atom. The van der Waals surface area contributed by atoms with E-state index in [2.05, 4.69) is 5.32 Å². The second kappa shape index (κ2) is 5.08. The Labute approximate surface area is 103 Å². The fourth-order valence-corrected chi connectivity index (χ4v) is 1.20. The summed E-state index contributed by atoms with van der Waals surface area (Å²) in [6.07, 6.45) is 0. The van der Waals surface area contributed by atoms with Gasteiger partial charge in [0.15, 0.2) is 0 Å². The number of hydrogen-bond acceptors (Lipinski definition) is 2. The van der Waals surface area contributed by atoms with E-state index in [1.54, 1.807) is 14.1 Å². The molecule has 1 aromatic rings. The normalized spacial score (nSPS) is 10.9. The molecule has 0 aliphatic rings. The number of amides is 2. The van der Waals surface area contributed by atoms with Crippen molar-refractivity contribution in [1.29, 1.82) is 0 Å². The Balaban J connectivity index is 2.65. The standard InChI is InChI=1S/C13H20N2O2/c1-13(2,3)17-11-8-6-10(7-9-11)14-12(16)15(4)5/h6-9H,1-5H3,(H,14,16). The van der Waals surface area contributed by atoms with Crippen LogP contribution in [0, 0.1) is 0 Å². The summed E-state index contributed by atoms with van der Waals surface area (Å²) in [6.45, 7) is 5.98. The van der Waals surface area contributed by atoms with Crippen LogP contribution in [0.1, 0.15) is 20.8 Å². The number of carbonyl (C=O) groups excluding carboxylic acids is 1. The first kappa shape index (κ1) is 13.4. The Morgan fingerprint density at radius 2 is 1.71 bits per heavy atom. The number of carbonyl (C=O) groups is 1. The molecule has 0 unspecified atom stereocenters. The van der Waals surface area contributed by atoms with Crippen molar-refractivity contribution in [2.75, 3.05) is 19.4 Å². The van der Waals surface area contributed by atoms with E-state index in [0.717, 1.165) is 11.4 Å². The number of hydrogen-bond donors (Lipinski definition) is 1. The van der Waals surface area contributed by atoms with Crippen LogP contribution in [0.2, 0.25) is 0 Å². The maximum atomic E-state index is 11.4. The van der Waals surface area contributed by atoms with Crippen molar-refractivity contribution in [3.63, 3.8) is 0 Å². The quantitative estimate of drug-likeness (QED) is 0.857. The number of rotatable bonds is 2. The number of nitrogens with one attached hydrogen (secondary N) is 1. The van der Waals surface area contributed by atoms with Gasteiger partial charge in [-0.1, -0.05) is 0 Å². The van der Waals surface area contributed by atoms with Crippen LogP contribution in [0.4, 0.5) is 10.5 Å². The molecular weight excluding hydrogens is 216 g/mol. The van der Waals surface area contributed by atoms with Crippen LogP contribution in [0.25, 0.3) is 0 Å². The highest BCUT2D eigenvalue weighted by atomic mass is 16.5. The molecule has 17 heavy (non-hydrogen) atoms. The predicted octanol–water partition coefficient (Wildman–Crippen LogP) is 2.96. The molecule has 0 radical (unpaired) electrons. The lowest BCUT2D eigenvalue weighted by Gasteiger charge is -2.21. The van der Waals surface area contributed by atoms with Gasteiger partial charge in [0.1, 0.15) is 11.4 Å². The van der Waals surface area contributed by atoms with Crippen molar-refractivity contribution >= 4 is 11.7 Å². The van der Waals surface area contributed by atoms with Crippen molar-refractivity contribution in [2.45, 2.75) is 26.4 Å². The maximum absolute atomic E-state index is 11.4. The average Bonchev–Trinajstić information content (AvgIpc) is 2.18. The molecule has 4 nitrogen and oxygen atoms in total. The summed E-state index contributed by atoms with van der Waals surface area (Å²) in [5, 5.41) is 2.76. The molecule has 1 aromatic carbocycles. The van der Waals surface area contributed by atoms with Crippen molar-refractivity contribution < 1.29 is 9.53 Å². The smallest absolute Gasteiger partial charge is 0.321 e. The zero-order valence-corrected chi connectivity index (χ0v) is 11.1. The fourth-order valence-electron chi connectivity index (χ4n) is 1.20. The minimum atomic E-state index is -0.214. The third-order valence-electron chi connectivity index (χ3n) is 1.94. The highest BCUT2D eigenvalue weighted by molar-refractivity contribution is 5.88. The third kappa shape index (κ3) is 4.76. The lowest BCUT2D eigenvalue weighted by atomic mass is 10.2. The van der Waals surface area contributed by atoms with Gasteiger partial charge in [0.05, 0.1) is 0 Å². The van der Waals surface area contributed by atoms with E-state index in [1.165, 1.54) is 4.90 Å². The van der Waals surface area contributed by atoms with Crippen molar-refractivity contribution in [3.8, 4) is 5.75 Å². The van der Waals surface area contributed by atoms with Crippen LogP contribution in [0.3, 0.4) is 0 Å². The van der Waals surface area contributed by atoms with E-state index in [4.69, 9.17) is 4.74 Å². The Bertz CT molecular complexity index is 377. The van der Waals surface area contributed by atoms with Gasteiger partial charge < -0.3 is 15.0 Å². The molecule has 0 aliphatic heterocycles. The molecule has 4 heteroatoms. The van der Waals surface area contributed by atoms with Crippen molar-refractivity contribution in [3.05, 3.63) is 24.3 Å². The molecule has 0 heterocycles. The minimum Gasteiger partial charge on any atom is -0.488 e. The highest BCUT2D eigenvalue weighted by Crippen LogP contribution is 2.20. The van der Waals surface area contributed by atoms with Gasteiger partial charge in [0.2, 0.25) is 0 Å². The molecule has 0 spiro atoms. The van der Waals surface area contributed by atoms with Crippen LogP contribution < -0.4 is 10.1 Å². The zero-order valence-electron chi connectivity index (χ0n) is 11.1. The molecule has 0 aliphatic carbocycles. The van der Waals surface area contributed by atoms with Crippen LogP contribution in [0.5, 0.6) is 5.75 Å². The molecule has 94 valence electrons. The molecule has 0 saturated carbocycles. The minimum absolute atomic E-state index is 0.144. The Kier molecular flexibility index (Phi) is 3.99. The van der Waals surface area contributed by atoms with Crippen LogP contribution >= 0.6 is 0 Å². The van der Waals surface area contributed by atoms with Gasteiger partial charge in [-0.15, -0.1) is 0 Å². The van der Waals surface area contributed by atoms with Crippen molar-refractivity contribution in [2.24, 2.45) is 0 Å². The van der Waals surface area contributed by atoms with E-state index in [-0.39, 0.29) is 11.6 Å². The lowest BCUT2D eigenvalue weighted by Crippen LogP contribution is -2.27. The Hall–Kier alpha value is -1.71. The summed E-state index contributed by atoms with van der Waals surface area (Å²) in [6, 6.07) is 7.19. The maximum Gasteiger partial charge on any atom is 0.321 e. The lowest BCUT2D eigenvalue weighted by molar-refractivity contribution is 0.131. The first-order valence-corrected chi connectivity index (χ1v) is 5.55. The summed E-state index contributed by atoms with van der Waals surface area (Å²) >= 11 is 0. The molecule has 1 rings (SSSR count). The van der Waals surface area contributed by atoms with Crippen LogP contribution in [-0.2, 0) is 0 Å². The first-order chi connectivity index (χ1) is 7.78. The second-order valence-electron chi connectivity index (χ2n) is 5.06. The van der Waals surface area contributed by atoms with E-state index >= 15 is 0 Å². The molecule has 0 bridgehead atoms. The SMILES string of the molecule is CN(C)C(=O)Nc1ccc(OC(C)(C)C)cc1. The molecule has 0 atom stereocenters. The summed E-state index contributed by atoms with van der Waals surface area (Å²) < 4.78 is 5.69. The molecule has 2 amide bonds. The van der Waals surface area contributed by atoms with Crippen molar-refractivity contribution in [1.82, 2.24) is 4.90 Å². The number of nitrogens with zero attached hydrogens (tertiary/aromatic N) is 1. The van der Waals surface area contributed by atoms with Gasteiger partial charge >= 0.3 is 6.03 Å². The van der Waals surface area contributed by atoms with E-state index in [9.17, 15) is 4.79 Å². The summed E-state index contributed by atoms with van der Waals surface area (Å²) in [5.74, 6) is 0.792. The fraction of sp³-hybridized carbons (Fsp3) is 0.462. The first-order valence-electron chi connectivity index (χ1n) is 5.55. The topological polar surface area (TPSA) is 41.6 Å². The molecule has 0 saturated heterocycles. The predicted molar refractivity (Wildman–Crippen MR) is 69.5 cm³/mol. The van der Waals surface area contributed by atoms with E-state index in [0.29, 0.717) is 0 Å². The van der Waals surface area contributed by atoms with Gasteiger partial charge in [-0.05, 0) is 45.0 Å². The van der Waals surface area contributed by atoms with Gasteiger partial charge in [-0.2, -0.15) is 0 Å². The number of urea groups is 1. The van der Waals surface area contributed by atoms with E-state index in [1.807, 2.05) is 45.0 Å². The highest BCUT2D eigenvalue weighted by Gasteiger charge is 2.11. The van der Waals surface area contributed by atoms with Gasteiger partial charge in [-0.25, -0.2) is 4.79 Å². The summed E-state index contributed by atoms with van der Waals surface area (Å²) in [7, 11) is 3.40. The molecular formula is C13H20N2O2. The Morgan fingerprint density at radius 1 is 1.18 bits per heavy atom. The number of ether oxygens (including phenoxy) is 1. The van der Waals surface area contributed by atoms with Gasteiger partial charge in [-0.3, -0.25) is 0 Å². The monoisotopic (exact) mass is 236 g/mol. The molecule has 1 N–H and O–H groups in total. The third-order valence-corrected chi connectivity index (χ3v) is 1.94. The summed E-state index contributed by atoms with van der Waals surface area (Å²) in [5.41, 5.74) is 0.541. The van der Waals surface area contributed by atoms with Crippen LogP contribution in [-0.4, -0.2) is 30.6 Å². The zero-order chi connectivity index (χ0) is 13.1. The second-order valence-corrected chi connectivity index (χ2v) is 5.06. The van der Waals surface area contributed by atoms with Gasteiger partial charge in [0, 0.05) is 19.8 Å².